The molecule has 1 aliphatic carbocycles. The summed E-state index contributed by atoms with van der Waals surface area (Å²) >= 11 is 0. The van der Waals surface area contributed by atoms with Crippen molar-refractivity contribution < 1.29 is 4.79 Å². The van der Waals surface area contributed by atoms with Gasteiger partial charge in [0.1, 0.15) is 17.9 Å². The van der Waals surface area contributed by atoms with Crippen LogP contribution < -0.4 is 0 Å². The Morgan fingerprint density at radius 2 is 2.11 bits per heavy atom. The molecule has 2 aliphatic rings. The molecule has 19 heavy (non-hydrogen) atoms. The highest BCUT2D eigenvalue weighted by atomic mass is 16.1. The van der Waals surface area contributed by atoms with Gasteiger partial charge in [0.25, 0.3) is 0 Å². The average Bonchev–Trinajstić information content (AvgIpc) is 3.06. The Morgan fingerprint density at radius 3 is 2.84 bits per heavy atom. The van der Waals surface area contributed by atoms with Gasteiger partial charge in [-0.1, -0.05) is 12.8 Å². The molecule has 4 nitrogen and oxygen atoms in total. The van der Waals surface area contributed by atoms with E-state index in [0.717, 1.165) is 30.9 Å². The Morgan fingerprint density at radius 1 is 1.32 bits per heavy atom. The van der Waals surface area contributed by atoms with E-state index in [4.69, 9.17) is 5.26 Å². The van der Waals surface area contributed by atoms with Crippen LogP contribution in [-0.2, 0) is 13.0 Å². The number of Topliss-reactive ketones (excluding diaryl/α,β-unsaturated/α-hetero) is 1. The van der Waals surface area contributed by atoms with Gasteiger partial charge in [-0.3, -0.25) is 4.79 Å². The minimum Gasteiger partial charge on any atom is -0.331 e. The normalized spacial score (nSPS) is 19.1. The molecule has 0 amide bonds. The zero-order chi connectivity index (χ0) is 13.2. The molecule has 0 unspecified atom stereocenters. The largest absolute Gasteiger partial charge is 0.331 e. The molecule has 1 aliphatic heterocycles. The Kier molecular flexibility index (Phi) is 3.37. The Labute approximate surface area is 113 Å². The smallest absolute Gasteiger partial charge is 0.197 e. The predicted octanol–water partition coefficient (Wildman–Crippen LogP) is 2.97. The first-order valence-corrected chi connectivity index (χ1v) is 7.30. The first-order valence-electron chi connectivity index (χ1n) is 7.30. The van der Waals surface area contributed by atoms with E-state index in [1.165, 1.54) is 32.1 Å². The molecule has 4 heteroatoms. The number of fused-ring (bicyclic) bond motifs is 1. The standard InChI is InChI=1S/C15H19N3O/c16-9-8-13(19)14-12-7-3-4-10-18(12)15(17-14)11-5-1-2-6-11/h11H,1-8,10H2. The zero-order valence-corrected chi connectivity index (χ0v) is 11.2. The van der Waals surface area contributed by atoms with Crippen LogP contribution in [0.2, 0.25) is 0 Å². The average molecular weight is 257 g/mol. The number of rotatable bonds is 3. The minimum absolute atomic E-state index is 0.0475. The van der Waals surface area contributed by atoms with Gasteiger partial charge in [-0.15, -0.1) is 0 Å². The third-order valence-electron chi connectivity index (χ3n) is 4.37. The Bertz CT molecular complexity index is 532. The van der Waals surface area contributed by atoms with E-state index in [1.807, 2.05) is 6.07 Å². The number of carbonyl (C=O) groups excluding carboxylic acids is 1. The fourth-order valence-corrected chi connectivity index (χ4v) is 3.45. The zero-order valence-electron chi connectivity index (χ0n) is 11.2. The molecule has 100 valence electrons. The van der Waals surface area contributed by atoms with Crippen LogP contribution in [0.4, 0.5) is 0 Å². The van der Waals surface area contributed by atoms with E-state index < -0.39 is 0 Å². The van der Waals surface area contributed by atoms with Crippen LogP contribution in [0.3, 0.4) is 0 Å². The summed E-state index contributed by atoms with van der Waals surface area (Å²) in [6.45, 7) is 0.994. The molecular formula is C15H19N3O. The van der Waals surface area contributed by atoms with Crippen LogP contribution in [0.1, 0.15) is 72.9 Å². The van der Waals surface area contributed by atoms with Gasteiger partial charge in [0.2, 0.25) is 0 Å². The summed E-state index contributed by atoms with van der Waals surface area (Å²) < 4.78 is 2.28. The lowest BCUT2D eigenvalue weighted by molar-refractivity contribution is 0.0992. The molecule has 0 radical (unpaired) electrons. The molecule has 1 aromatic heterocycles. The molecule has 0 aromatic carbocycles. The quantitative estimate of drug-likeness (QED) is 0.782. The van der Waals surface area contributed by atoms with Gasteiger partial charge in [0.05, 0.1) is 6.07 Å². The van der Waals surface area contributed by atoms with Crippen molar-refractivity contribution in [2.45, 2.75) is 63.8 Å². The molecule has 2 heterocycles. The van der Waals surface area contributed by atoms with Crippen molar-refractivity contribution in [3.63, 3.8) is 0 Å². The number of ketones is 1. The topological polar surface area (TPSA) is 58.7 Å². The van der Waals surface area contributed by atoms with Gasteiger partial charge in [-0.2, -0.15) is 5.26 Å². The van der Waals surface area contributed by atoms with E-state index in [-0.39, 0.29) is 12.2 Å². The summed E-state index contributed by atoms with van der Waals surface area (Å²) in [4.78, 5) is 16.7. The highest BCUT2D eigenvalue weighted by Gasteiger charge is 2.29. The van der Waals surface area contributed by atoms with Crippen molar-refractivity contribution >= 4 is 5.78 Å². The molecule has 1 aromatic rings. The van der Waals surface area contributed by atoms with Crippen molar-refractivity contribution in [3.05, 3.63) is 17.2 Å². The van der Waals surface area contributed by atoms with Crippen molar-refractivity contribution in [1.29, 1.82) is 5.26 Å². The summed E-state index contributed by atoms with van der Waals surface area (Å²) in [5.74, 6) is 1.55. The molecule has 1 saturated carbocycles. The molecule has 0 bridgehead atoms. The van der Waals surface area contributed by atoms with Gasteiger partial charge >= 0.3 is 0 Å². The molecule has 0 saturated heterocycles. The summed E-state index contributed by atoms with van der Waals surface area (Å²) in [5.41, 5.74) is 1.68. The van der Waals surface area contributed by atoms with Crippen LogP contribution in [0.25, 0.3) is 0 Å². The maximum atomic E-state index is 12.0. The maximum absolute atomic E-state index is 12.0. The third-order valence-corrected chi connectivity index (χ3v) is 4.37. The third kappa shape index (κ3) is 2.18. The monoisotopic (exact) mass is 257 g/mol. The summed E-state index contributed by atoms with van der Waals surface area (Å²) in [6, 6.07) is 1.95. The molecule has 0 atom stereocenters. The summed E-state index contributed by atoms with van der Waals surface area (Å²) in [5, 5.41) is 8.71. The van der Waals surface area contributed by atoms with E-state index in [2.05, 4.69) is 9.55 Å². The first kappa shape index (κ1) is 12.4. The molecular weight excluding hydrogens is 238 g/mol. The summed E-state index contributed by atoms with van der Waals surface area (Å²) in [6.07, 6.45) is 8.13. The first-order chi connectivity index (χ1) is 9.31. The molecule has 0 N–H and O–H groups in total. The van der Waals surface area contributed by atoms with Crippen molar-refractivity contribution in [3.8, 4) is 6.07 Å². The van der Waals surface area contributed by atoms with Crippen molar-refractivity contribution in [2.24, 2.45) is 0 Å². The van der Waals surface area contributed by atoms with Crippen LogP contribution in [0.15, 0.2) is 0 Å². The fraction of sp³-hybridized carbons (Fsp3) is 0.667. The minimum atomic E-state index is -0.0996. The highest BCUT2D eigenvalue weighted by Crippen LogP contribution is 2.36. The number of carbonyl (C=O) groups is 1. The van der Waals surface area contributed by atoms with Gasteiger partial charge in [-0.05, 0) is 32.1 Å². The number of hydrogen-bond acceptors (Lipinski definition) is 3. The second-order valence-corrected chi connectivity index (χ2v) is 5.61. The van der Waals surface area contributed by atoms with E-state index in [1.54, 1.807) is 0 Å². The van der Waals surface area contributed by atoms with E-state index in [9.17, 15) is 4.79 Å². The highest BCUT2D eigenvalue weighted by molar-refractivity contribution is 5.96. The Balaban J connectivity index is 2.00. The second-order valence-electron chi connectivity index (χ2n) is 5.61. The Hall–Kier alpha value is -1.63. The fourth-order valence-electron chi connectivity index (χ4n) is 3.45. The molecule has 0 spiro atoms. The lowest BCUT2D eigenvalue weighted by Crippen LogP contribution is -2.15. The van der Waals surface area contributed by atoms with Gasteiger partial charge in [-0.25, -0.2) is 4.98 Å². The van der Waals surface area contributed by atoms with Crippen molar-refractivity contribution in [2.75, 3.05) is 0 Å². The van der Waals surface area contributed by atoms with Gasteiger partial charge in [0, 0.05) is 18.2 Å². The molecule has 3 rings (SSSR count). The number of aromatic nitrogens is 2. The van der Waals surface area contributed by atoms with Gasteiger partial charge < -0.3 is 4.57 Å². The number of nitriles is 1. The number of nitrogens with zero attached hydrogens (tertiary/aromatic N) is 3. The van der Waals surface area contributed by atoms with Crippen LogP contribution in [-0.4, -0.2) is 15.3 Å². The van der Waals surface area contributed by atoms with Crippen molar-refractivity contribution in [1.82, 2.24) is 9.55 Å². The van der Waals surface area contributed by atoms with Crippen LogP contribution in [0, 0.1) is 11.3 Å². The number of hydrogen-bond donors (Lipinski definition) is 0. The number of imidazole rings is 1. The van der Waals surface area contributed by atoms with E-state index >= 15 is 0 Å². The summed E-state index contributed by atoms with van der Waals surface area (Å²) in [7, 11) is 0. The SMILES string of the molecule is N#CCC(=O)c1nc(C2CCCC2)n2c1CCCC2. The van der Waals surface area contributed by atoms with Crippen LogP contribution >= 0.6 is 0 Å². The van der Waals surface area contributed by atoms with Crippen LogP contribution in [0.5, 0.6) is 0 Å². The lowest BCUT2D eigenvalue weighted by atomic mass is 10.0. The maximum Gasteiger partial charge on any atom is 0.197 e. The molecule has 1 fully saturated rings. The predicted molar refractivity (Wildman–Crippen MR) is 70.9 cm³/mol. The van der Waals surface area contributed by atoms with Gasteiger partial charge in [0.15, 0.2) is 5.78 Å². The lowest BCUT2D eigenvalue weighted by Gasteiger charge is -2.19. The van der Waals surface area contributed by atoms with E-state index in [0.29, 0.717) is 11.6 Å². The second kappa shape index (κ2) is 5.16.